The van der Waals surface area contributed by atoms with Crippen molar-refractivity contribution in [3.63, 3.8) is 0 Å². The Bertz CT molecular complexity index is 1070. The minimum absolute atomic E-state index is 0.219. The zero-order chi connectivity index (χ0) is 22.1. The van der Waals surface area contributed by atoms with Gasteiger partial charge in [-0.3, -0.25) is 0 Å². The number of aryl methyl sites for hydroxylation is 3. The van der Waals surface area contributed by atoms with Crippen molar-refractivity contribution >= 4 is 11.9 Å². The number of aromatic nitrogens is 5. The molecule has 5 heterocycles. The molecule has 168 valence electrons. The summed E-state index contributed by atoms with van der Waals surface area (Å²) in [7, 11) is 0. The second-order valence-electron chi connectivity index (χ2n) is 8.64. The van der Waals surface area contributed by atoms with E-state index in [2.05, 4.69) is 19.9 Å². The lowest BCUT2D eigenvalue weighted by atomic mass is 9.91. The van der Waals surface area contributed by atoms with E-state index >= 15 is 0 Å². The van der Waals surface area contributed by atoms with Crippen LogP contribution in [0.5, 0.6) is 0 Å². The van der Waals surface area contributed by atoms with Crippen molar-refractivity contribution in [1.29, 1.82) is 0 Å². The molecule has 3 aromatic heterocycles. The van der Waals surface area contributed by atoms with E-state index in [1.807, 2.05) is 39.1 Å². The van der Waals surface area contributed by atoms with Crippen LogP contribution >= 0.6 is 0 Å². The fourth-order valence-corrected chi connectivity index (χ4v) is 4.52. The molecule has 0 saturated carbocycles. The van der Waals surface area contributed by atoms with Crippen molar-refractivity contribution in [3.8, 4) is 11.3 Å². The minimum Gasteiger partial charge on any atom is -0.378 e. The van der Waals surface area contributed by atoms with Gasteiger partial charge in [0.25, 0.3) is 0 Å². The summed E-state index contributed by atoms with van der Waals surface area (Å²) in [5.41, 5.74) is 4.74. The standard InChI is InChI=1S/C23H29N7O2/c1-15-11-16(2)26-23(25-15)30-6-4-5-18(14-30)21-19(20-12-17(3)28-32-20)13-24-22(27-21)29-7-9-31-10-8-29/h11-13,18H,4-10,14H2,1-3H3/t18-/m0/s1. The first kappa shape index (κ1) is 20.8. The van der Waals surface area contributed by atoms with E-state index < -0.39 is 0 Å². The maximum atomic E-state index is 5.61. The number of hydrogen-bond donors (Lipinski definition) is 0. The summed E-state index contributed by atoms with van der Waals surface area (Å²) >= 11 is 0. The number of ether oxygens (including phenoxy) is 1. The van der Waals surface area contributed by atoms with Gasteiger partial charge in [-0.05, 0) is 39.7 Å². The maximum Gasteiger partial charge on any atom is 0.225 e. The molecule has 32 heavy (non-hydrogen) atoms. The molecular formula is C23H29N7O2. The molecular weight excluding hydrogens is 406 g/mol. The lowest BCUT2D eigenvalue weighted by molar-refractivity contribution is 0.122. The molecule has 9 heteroatoms. The zero-order valence-corrected chi connectivity index (χ0v) is 18.9. The lowest BCUT2D eigenvalue weighted by Crippen LogP contribution is -2.38. The van der Waals surface area contributed by atoms with Crippen LogP contribution in [0.4, 0.5) is 11.9 Å². The largest absolute Gasteiger partial charge is 0.378 e. The van der Waals surface area contributed by atoms with Gasteiger partial charge in [0.15, 0.2) is 5.76 Å². The summed E-state index contributed by atoms with van der Waals surface area (Å²) in [6, 6.07) is 3.96. The van der Waals surface area contributed by atoms with E-state index in [4.69, 9.17) is 24.2 Å². The Labute approximate surface area is 187 Å². The second kappa shape index (κ2) is 8.82. The maximum absolute atomic E-state index is 5.61. The molecule has 9 nitrogen and oxygen atoms in total. The first-order chi connectivity index (χ1) is 15.6. The molecule has 3 aromatic rings. The van der Waals surface area contributed by atoms with E-state index in [9.17, 15) is 0 Å². The third-order valence-electron chi connectivity index (χ3n) is 6.05. The van der Waals surface area contributed by atoms with Gasteiger partial charge in [0.2, 0.25) is 11.9 Å². The van der Waals surface area contributed by atoms with Gasteiger partial charge in [0.05, 0.1) is 30.2 Å². The van der Waals surface area contributed by atoms with Gasteiger partial charge >= 0.3 is 0 Å². The molecule has 0 spiro atoms. The molecule has 0 unspecified atom stereocenters. The minimum atomic E-state index is 0.219. The molecule has 2 saturated heterocycles. The molecule has 0 amide bonds. The van der Waals surface area contributed by atoms with Gasteiger partial charge in [-0.15, -0.1) is 0 Å². The Morgan fingerprint density at radius 2 is 1.66 bits per heavy atom. The molecule has 2 aliphatic rings. The fourth-order valence-electron chi connectivity index (χ4n) is 4.52. The van der Waals surface area contributed by atoms with Gasteiger partial charge in [0.1, 0.15) is 0 Å². The number of hydrogen-bond acceptors (Lipinski definition) is 9. The summed E-state index contributed by atoms with van der Waals surface area (Å²) in [6.45, 7) is 10.7. The summed E-state index contributed by atoms with van der Waals surface area (Å²) in [5.74, 6) is 2.48. The lowest BCUT2D eigenvalue weighted by Gasteiger charge is -2.34. The van der Waals surface area contributed by atoms with Crippen LogP contribution in [-0.4, -0.2) is 64.5 Å². The zero-order valence-electron chi connectivity index (χ0n) is 18.9. The Hall–Kier alpha value is -3.07. The molecule has 0 aromatic carbocycles. The molecule has 0 aliphatic carbocycles. The van der Waals surface area contributed by atoms with Crippen molar-refractivity contribution in [2.45, 2.75) is 39.5 Å². The predicted molar refractivity (Wildman–Crippen MR) is 121 cm³/mol. The van der Waals surface area contributed by atoms with Crippen LogP contribution in [0, 0.1) is 20.8 Å². The van der Waals surface area contributed by atoms with Crippen LogP contribution in [0.15, 0.2) is 22.9 Å². The third-order valence-corrected chi connectivity index (χ3v) is 6.05. The highest BCUT2D eigenvalue weighted by Gasteiger charge is 2.29. The van der Waals surface area contributed by atoms with Crippen LogP contribution in [0.3, 0.4) is 0 Å². The quantitative estimate of drug-likeness (QED) is 0.613. The second-order valence-corrected chi connectivity index (χ2v) is 8.64. The van der Waals surface area contributed by atoms with Crippen molar-refractivity contribution in [2.24, 2.45) is 0 Å². The van der Waals surface area contributed by atoms with Crippen molar-refractivity contribution < 1.29 is 9.26 Å². The van der Waals surface area contributed by atoms with Crippen LogP contribution in [0.1, 0.15) is 41.5 Å². The Balaban J connectivity index is 1.50. The van der Waals surface area contributed by atoms with Gasteiger partial charge in [-0.1, -0.05) is 5.16 Å². The molecule has 2 aliphatic heterocycles. The summed E-state index contributed by atoms with van der Waals surface area (Å²) < 4.78 is 11.1. The predicted octanol–water partition coefficient (Wildman–Crippen LogP) is 3.07. The highest BCUT2D eigenvalue weighted by Crippen LogP contribution is 2.35. The number of rotatable bonds is 4. The van der Waals surface area contributed by atoms with Crippen molar-refractivity contribution in [2.75, 3.05) is 49.2 Å². The fraction of sp³-hybridized carbons (Fsp3) is 0.522. The molecule has 0 N–H and O–H groups in total. The molecule has 2 fully saturated rings. The molecule has 5 rings (SSSR count). The first-order valence-electron chi connectivity index (χ1n) is 11.3. The summed E-state index contributed by atoms with van der Waals surface area (Å²) in [5, 5.41) is 4.09. The van der Waals surface area contributed by atoms with E-state index in [1.165, 1.54) is 0 Å². The first-order valence-corrected chi connectivity index (χ1v) is 11.3. The van der Waals surface area contributed by atoms with Gasteiger partial charge < -0.3 is 19.1 Å². The van der Waals surface area contributed by atoms with Gasteiger partial charge in [0, 0.05) is 55.7 Å². The molecule has 0 radical (unpaired) electrons. The Kier molecular flexibility index (Phi) is 5.73. The number of nitrogens with zero attached hydrogens (tertiary/aromatic N) is 7. The average molecular weight is 436 g/mol. The van der Waals surface area contributed by atoms with Crippen molar-refractivity contribution in [3.05, 3.63) is 41.1 Å². The monoisotopic (exact) mass is 435 g/mol. The highest BCUT2D eigenvalue weighted by molar-refractivity contribution is 5.62. The number of piperidine rings is 1. The van der Waals surface area contributed by atoms with Gasteiger partial charge in [-0.25, -0.2) is 19.9 Å². The van der Waals surface area contributed by atoms with E-state index in [0.29, 0.717) is 19.0 Å². The van der Waals surface area contributed by atoms with E-state index in [0.717, 1.165) is 79.3 Å². The van der Waals surface area contributed by atoms with Crippen LogP contribution in [0.25, 0.3) is 11.3 Å². The van der Waals surface area contributed by atoms with Crippen LogP contribution in [-0.2, 0) is 4.74 Å². The SMILES string of the molecule is Cc1cc(-c2cnc(N3CCOCC3)nc2[C@H]2CCCN(c3nc(C)cc(C)n3)C2)on1. The average Bonchev–Trinajstić information content (AvgIpc) is 3.25. The summed E-state index contributed by atoms with van der Waals surface area (Å²) in [4.78, 5) is 23.6. The topological polar surface area (TPSA) is 93.3 Å². The third kappa shape index (κ3) is 4.29. The highest BCUT2D eigenvalue weighted by atomic mass is 16.5. The van der Waals surface area contributed by atoms with Crippen molar-refractivity contribution in [1.82, 2.24) is 25.1 Å². The smallest absolute Gasteiger partial charge is 0.225 e. The number of anilines is 2. The Morgan fingerprint density at radius 3 is 2.38 bits per heavy atom. The Morgan fingerprint density at radius 1 is 0.875 bits per heavy atom. The molecule has 0 bridgehead atoms. The van der Waals surface area contributed by atoms with Crippen LogP contribution < -0.4 is 9.80 Å². The van der Waals surface area contributed by atoms with Crippen LogP contribution in [0.2, 0.25) is 0 Å². The van der Waals surface area contributed by atoms with E-state index in [-0.39, 0.29) is 5.92 Å². The summed E-state index contributed by atoms with van der Waals surface area (Å²) in [6.07, 6.45) is 3.98. The molecule has 1 atom stereocenters. The normalized spacial score (nSPS) is 19.4. The van der Waals surface area contributed by atoms with Gasteiger partial charge in [-0.2, -0.15) is 0 Å². The number of morpholine rings is 1. The van der Waals surface area contributed by atoms with E-state index in [1.54, 1.807) is 0 Å².